The van der Waals surface area contributed by atoms with E-state index in [2.05, 4.69) is 28.5 Å². The van der Waals surface area contributed by atoms with Gasteiger partial charge in [-0.15, -0.1) is 10.2 Å². The minimum atomic E-state index is 0.748. The third kappa shape index (κ3) is 4.27. The molecule has 3 nitrogen and oxygen atoms in total. The third-order valence-electron chi connectivity index (χ3n) is 2.99. The summed E-state index contributed by atoms with van der Waals surface area (Å²) in [6.45, 7) is 6.33. The fourth-order valence-corrected chi connectivity index (χ4v) is 3.22. The van der Waals surface area contributed by atoms with Gasteiger partial charge in [-0.05, 0) is 44.5 Å². The van der Waals surface area contributed by atoms with E-state index in [9.17, 15) is 0 Å². The van der Waals surface area contributed by atoms with Gasteiger partial charge in [0.2, 0.25) is 0 Å². The summed E-state index contributed by atoms with van der Waals surface area (Å²) in [7, 11) is 0. The van der Waals surface area contributed by atoms with Gasteiger partial charge in [-0.25, -0.2) is 0 Å². The van der Waals surface area contributed by atoms with Gasteiger partial charge in [-0.1, -0.05) is 42.0 Å². The molecule has 0 aliphatic rings. The van der Waals surface area contributed by atoms with Crippen molar-refractivity contribution in [3.63, 3.8) is 0 Å². The molecule has 0 spiro atoms. The first kappa shape index (κ1) is 15.4. The van der Waals surface area contributed by atoms with Crippen LogP contribution in [0.3, 0.4) is 0 Å². The molecule has 108 valence electrons. The van der Waals surface area contributed by atoms with Crippen LogP contribution >= 0.6 is 22.9 Å². The van der Waals surface area contributed by atoms with E-state index in [1.54, 1.807) is 11.3 Å². The molecule has 0 aliphatic carbocycles. The highest BCUT2D eigenvalue weighted by Gasteiger charge is 2.10. The Bertz CT molecular complexity index is 554. The van der Waals surface area contributed by atoms with Gasteiger partial charge >= 0.3 is 0 Å². The maximum absolute atomic E-state index is 6.26. The summed E-state index contributed by atoms with van der Waals surface area (Å²) in [6, 6.07) is 6.04. The average Bonchev–Trinajstić information content (AvgIpc) is 2.87. The van der Waals surface area contributed by atoms with E-state index in [-0.39, 0.29) is 0 Å². The van der Waals surface area contributed by atoms with E-state index in [1.165, 1.54) is 6.42 Å². The molecule has 1 heterocycles. The Morgan fingerprint density at radius 3 is 2.85 bits per heavy atom. The normalized spacial score (nSPS) is 10.9. The number of rotatable bonds is 7. The molecule has 0 amide bonds. The first-order valence-corrected chi connectivity index (χ1v) is 8.19. The van der Waals surface area contributed by atoms with Crippen LogP contribution in [0.1, 0.15) is 30.3 Å². The summed E-state index contributed by atoms with van der Waals surface area (Å²) < 4.78 is 0. The van der Waals surface area contributed by atoms with Crippen molar-refractivity contribution in [3.8, 4) is 10.6 Å². The zero-order valence-electron chi connectivity index (χ0n) is 11.9. The molecule has 0 fully saturated rings. The van der Waals surface area contributed by atoms with E-state index < -0.39 is 0 Å². The average molecular weight is 310 g/mol. The van der Waals surface area contributed by atoms with Gasteiger partial charge in [-0.2, -0.15) is 0 Å². The lowest BCUT2D eigenvalue weighted by Crippen LogP contribution is -2.16. The fourth-order valence-electron chi connectivity index (χ4n) is 1.92. The predicted octanol–water partition coefficient (Wildman–Crippen LogP) is 4.10. The molecule has 0 atom stereocenters. The standard InChI is InChI=1S/C15H20ClN3S/c1-3-8-17-9-4-5-14-18-19-15(20-14)12-7-6-11(2)10-13(12)16/h6-7,10,17H,3-5,8-9H2,1-2H3. The Labute approximate surface area is 129 Å². The summed E-state index contributed by atoms with van der Waals surface area (Å²) >= 11 is 7.90. The number of halogens is 1. The van der Waals surface area contributed by atoms with Gasteiger partial charge < -0.3 is 5.32 Å². The molecular weight excluding hydrogens is 290 g/mol. The second kappa shape index (κ2) is 7.72. The molecular formula is C15H20ClN3S. The molecule has 0 saturated heterocycles. The lowest BCUT2D eigenvalue weighted by molar-refractivity contribution is 0.637. The molecule has 0 unspecified atom stereocenters. The zero-order valence-corrected chi connectivity index (χ0v) is 13.5. The van der Waals surface area contributed by atoms with E-state index in [0.29, 0.717) is 0 Å². The van der Waals surface area contributed by atoms with Gasteiger partial charge in [0.15, 0.2) is 0 Å². The molecule has 20 heavy (non-hydrogen) atoms. The van der Waals surface area contributed by atoms with Gasteiger partial charge in [-0.3, -0.25) is 0 Å². The van der Waals surface area contributed by atoms with Crippen molar-refractivity contribution >= 4 is 22.9 Å². The number of aromatic nitrogens is 2. The van der Waals surface area contributed by atoms with Crippen molar-refractivity contribution in [2.24, 2.45) is 0 Å². The molecule has 2 rings (SSSR count). The minimum absolute atomic E-state index is 0.748. The Morgan fingerprint density at radius 2 is 2.10 bits per heavy atom. The number of nitrogens with one attached hydrogen (secondary N) is 1. The maximum Gasteiger partial charge on any atom is 0.149 e. The Balaban J connectivity index is 1.95. The third-order valence-corrected chi connectivity index (χ3v) is 4.32. The first-order chi connectivity index (χ1) is 9.70. The maximum atomic E-state index is 6.26. The summed E-state index contributed by atoms with van der Waals surface area (Å²) in [5, 5.41) is 14.6. The van der Waals surface area contributed by atoms with Crippen LogP contribution in [0.15, 0.2) is 18.2 Å². The Morgan fingerprint density at radius 1 is 1.25 bits per heavy atom. The number of hydrogen-bond acceptors (Lipinski definition) is 4. The van der Waals surface area contributed by atoms with Crippen molar-refractivity contribution < 1.29 is 0 Å². The van der Waals surface area contributed by atoms with Crippen LogP contribution in [0.4, 0.5) is 0 Å². The summed E-state index contributed by atoms with van der Waals surface area (Å²) in [4.78, 5) is 0. The van der Waals surface area contributed by atoms with Crippen molar-refractivity contribution in [2.75, 3.05) is 13.1 Å². The smallest absolute Gasteiger partial charge is 0.149 e. The van der Waals surface area contributed by atoms with Gasteiger partial charge in [0.1, 0.15) is 10.0 Å². The summed E-state index contributed by atoms with van der Waals surface area (Å²) in [5.74, 6) is 0. The SMILES string of the molecule is CCCNCCCc1nnc(-c2ccc(C)cc2Cl)s1. The number of hydrogen-bond donors (Lipinski definition) is 1. The molecule has 2 aromatic rings. The minimum Gasteiger partial charge on any atom is -0.317 e. The van der Waals surface area contributed by atoms with Crippen molar-refractivity contribution in [1.82, 2.24) is 15.5 Å². The molecule has 1 aromatic heterocycles. The van der Waals surface area contributed by atoms with Crippen molar-refractivity contribution in [1.29, 1.82) is 0 Å². The van der Waals surface area contributed by atoms with Crippen LogP contribution in [0.5, 0.6) is 0 Å². The molecule has 0 bridgehead atoms. The quantitative estimate of drug-likeness (QED) is 0.783. The number of nitrogens with zero attached hydrogens (tertiary/aromatic N) is 2. The highest BCUT2D eigenvalue weighted by molar-refractivity contribution is 7.14. The monoisotopic (exact) mass is 309 g/mol. The summed E-state index contributed by atoms with van der Waals surface area (Å²) in [5.41, 5.74) is 2.13. The van der Waals surface area contributed by atoms with Crippen molar-refractivity contribution in [3.05, 3.63) is 33.8 Å². The second-order valence-electron chi connectivity index (χ2n) is 4.84. The Hall–Kier alpha value is -0.970. The van der Waals surface area contributed by atoms with Gasteiger partial charge in [0, 0.05) is 12.0 Å². The molecule has 1 aromatic carbocycles. The van der Waals surface area contributed by atoms with Crippen LogP contribution in [0.2, 0.25) is 5.02 Å². The topological polar surface area (TPSA) is 37.8 Å². The largest absolute Gasteiger partial charge is 0.317 e. The molecule has 0 radical (unpaired) electrons. The predicted molar refractivity (Wildman–Crippen MR) is 86.6 cm³/mol. The van der Waals surface area contributed by atoms with Crippen LogP contribution in [-0.2, 0) is 6.42 Å². The van der Waals surface area contributed by atoms with Crippen LogP contribution in [0, 0.1) is 6.92 Å². The first-order valence-electron chi connectivity index (χ1n) is 7.00. The lowest BCUT2D eigenvalue weighted by atomic mass is 10.2. The Kier molecular flexibility index (Phi) is 5.95. The molecule has 0 aliphatic heterocycles. The molecule has 1 N–H and O–H groups in total. The highest BCUT2D eigenvalue weighted by atomic mass is 35.5. The van der Waals surface area contributed by atoms with E-state index in [1.807, 2.05) is 19.1 Å². The van der Waals surface area contributed by atoms with Crippen LogP contribution in [0.25, 0.3) is 10.6 Å². The van der Waals surface area contributed by atoms with E-state index in [0.717, 1.165) is 52.1 Å². The van der Waals surface area contributed by atoms with E-state index in [4.69, 9.17) is 11.6 Å². The zero-order chi connectivity index (χ0) is 14.4. The van der Waals surface area contributed by atoms with Gasteiger partial charge in [0.05, 0.1) is 5.02 Å². The highest BCUT2D eigenvalue weighted by Crippen LogP contribution is 2.31. The van der Waals surface area contributed by atoms with E-state index >= 15 is 0 Å². The summed E-state index contributed by atoms with van der Waals surface area (Å²) in [6.07, 6.45) is 3.24. The van der Waals surface area contributed by atoms with Crippen molar-refractivity contribution in [2.45, 2.75) is 33.1 Å². The second-order valence-corrected chi connectivity index (χ2v) is 6.31. The van der Waals surface area contributed by atoms with Gasteiger partial charge in [0.25, 0.3) is 0 Å². The number of benzene rings is 1. The lowest BCUT2D eigenvalue weighted by Gasteiger charge is -2.01. The van der Waals surface area contributed by atoms with Crippen LogP contribution in [-0.4, -0.2) is 23.3 Å². The fraction of sp³-hybridized carbons (Fsp3) is 0.467. The number of aryl methyl sites for hydroxylation is 2. The molecule has 5 heteroatoms. The van der Waals surface area contributed by atoms with Crippen LogP contribution < -0.4 is 5.32 Å². The molecule has 0 saturated carbocycles.